The van der Waals surface area contributed by atoms with Gasteiger partial charge < -0.3 is 4.74 Å². The molecule has 3 rings (SSSR count). The Morgan fingerprint density at radius 1 is 1.38 bits per heavy atom. The molecule has 1 aromatic rings. The van der Waals surface area contributed by atoms with Gasteiger partial charge in [0.2, 0.25) is 0 Å². The molecule has 1 N–H and O–H groups in total. The van der Waals surface area contributed by atoms with Crippen LogP contribution in [0.2, 0.25) is 10.0 Å². The van der Waals surface area contributed by atoms with E-state index in [0.717, 1.165) is 41.6 Å². The molecule has 0 spiro atoms. The lowest BCUT2D eigenvalue weighted by molar-refractivity contribution is 0.118. The molecule has 0 aromatic heterocycles. The summed E-state index contributed by atoms with van der Waals surface area (Å²) >= 11 is 13.6. The summed E-state index contributed by atoms with van der Waals surface area (Å²) in [4.78, 5) is 4.51. The van der Waals surface area contributed by atoms with Gasteiger partial charge in [0.1, 0.15) is 0 Å². The Balaban J connectivity index is 1.63. The average molecular weight is 344 g/mol. The summed E-state index contributed by atoms with van der Waals surface area (Å²) in [5.74, 6) is 0.759. The van der Waals surface area contributed by atoms with Crippen LogP contribution in [0.15, 0.2) is 28.3 Å². The Bertz CT molecular complexity index is 586. The van der Waals surface area contributed by atoms with E-state index in [2.05, 4.69) is 15.5 Å². The van der Waals surface area contributed by atoms with Gasteiger partial charge >= 0.3 is 0 Å². The van der Waals surface area contributed by atoms with Gasteiger partial charge in [-0.1, -0.05) is 41.0 Å². The van der Waals surface area contributed by atoms with Gasteiger partial charge in [-0.3, -0.25) is 10.4 Å². The Morgan fingerprint density at radius 2 is 2.29 bits per heavy atom. The number of hydrogen-bond donors (Lipinski definition) is 1. The zero-order valence-electron chi connectivity index (χ0n) is 11.3. The SMILES string of the molecule is Clc1ccc(C2=NNC(=NC[C@H]3CCCO3)SC2)cc1Cl. The Morgan fingerprint density at radius 3 is 2.95 bits per heavy atom. The topological polar surface area (TPSA) is 46.0 Å². The summed E-state index contributed by atoms with van der Waals surface area (Å²) in [6.45, 7) is 1.56. The Hall–Kier alpha value is -0.750. The van der Waals surface area contributed by atoms with Crippen molar-refractivity contribution in [1.82, 2.24) is 5.43 Å². The molecule has 21 heavy (non-hydrogen) atoms. The Labute approximate surface area is 137 Å². The maximum absolute atomic E-state index is 6.03. The molecule has 1 atom stereocenters. The van der Waals surface area contributed by atoms with Crippen LogP contribution < -0.4 is 5.43 Å². The van der Waals surface area contributed by atoms with Crippen LogP contribution in [-0.2, 0) is 4.74 Å². The van der Waals surface area contributed by atoms with E-state index in [-0.39, 0.29) is 6.10 Å². The molecule has 0 amide bonds. The van der Waals surface area contributed by atoms with Crippen molar-refractivity contribution in [3.05, 3.63) is 33.8 Å². The monoisotopic (exact) mass is 343 g/mol. The maximum Gasteiger partial charge on any atom is 0.177 e. The van der Waals surface area contributed by atoms with Crippen molar-refractivity contribution in [2.24, 2.45) is 10.1 Å². The van der Waals surface area contributed by atoms with Crippen molar-refractivity contribution >= 4 is 45.8 Å². The number of thioether (sulfide) groups is 1. The summed E-state index contributed by atoms with van der Waals surface area (Å²) in [7, 11) is 0. The number of hydrazone groups is 1. The molecule has 0 unspecified atom stereocenters. The molecule has 2 aliphatic heterocycles. The molecule has 1 saturated heterocycles. The van der Waals surface area contributed by atoms with Crippen LogP contribution in [0.1, 0.15) is 18.4 Å². The molecule has 112 valence electrons. The summed E-state index contributed by atoms with van der Waals surface area (Å²) in [6.07, 6.45) is 2.50. The molecule has 0 bridgehead atoms. The zero-order chi connectivity index (χ0) is 14.7. The lowest BCUT2D eigenvalue weighted by Crippen LogP contribution is -2.26. The lowest BCUT2D eigenvalue weighted by Gasteiger charge is -2.16. The van der Waals surface area contributed by atoms with Crippen molar-refractivity contribution in [1.29, 1.82) is 0 Å². The van der Waals surface area contributed by atoms with E-state index in [4.69, 9.17) is 27.9 Å². The predicted molar refractivity (Wildman–Crippen MR) is 89.9 cm³/mol. The quantitative estimate of drug-likeness (QED) is 0.912. The number of aliphatic imine (C=N–C) groups is 1. The fourth-order valence-electron chi connectivity index (χ4n) is 2.19. The van der Waals surface area contributed by atoms with Gasteiger partial charge in [0.15, 0.2) is 5.17 Å². The van der Waals surface area contributed by atoms with Gasteiger partial charge in [0.05, 0.1) is 28.4 Å². The van der Waals surface area contributed by atoms with E-state index in [1.54, 1.807) is 17.8 Å². The third-order valence-electron chi connectivity index (χ3n) is 3.35. The highest BCUT2D eigenvalue weighted by Gasteiger charge is 2.17. The first-order valence-corrected chi connectivity index (χ1v) is 8.53. The largest absolute Gasteiger partial charge is 0.376 e. The van der Waals surface area contributed by atoms with Gasteiger partial charge in [-0.25, -0.2) is 0 Å². The van der Waals surface area contributed by atoms with Gasteiger partial charge in [0.25, 0.3) is 0 Å². The number of amidine groups is 1. The van der Waals surface area contributed by atoms with Crippen LogP contribution in [0.3, 0.4) is 0 Å². The van der Waals surface area contributed by atoms with Gasteiger partial charge in [-0.2, -0.15) is 5.10 Å². The molecule has 1 fully saturated rings. The summed E-state index contributed by atoms with van der Waals surface area (Å²) in [5, 5.41) is 6.31. The van der Waals surface area contributed by atoms with Crippen molar-refractivity contribution in [2.45, 2.75) is 18.9 Å². The normalized spacial score (nSPS) is 24.0. The zero-order valence-corrected chi connectivity index (χ0v) is 13.6. The Kier molecular flexibility index (Phi) is 5.06. The second-order valence-electron chi connectivity index (χ2n) is 4.87. The van der Waals surface area contributed by atoms with Crippen molar-refractivity contribution in [3.63, 3.8) is 0 Å². The predicted octanol–water partition coefficient (Wildman–Crippen LogP) is 3.57. The van der Waals surface area contributed by atoms with Gasteiger partial charge in [0, 0.05) is 17.9 Å². The maximum atomic E-state index is 6.03. The second-order valence-corrected chi connectivity index (χ2v) is 6.65. The number of benzene rings is 1. The molecule has 0 saturated carbocycles. The van der Waals surface area contributed by atoms with Crippen LogP contribution in [0.25, 0.3) is 0 Å². The number of ether oxygens (including phenoxy) is 1. The van der Waals surface area contributed by atoms with Crippen LogP contribution in [0, 0.1) is 0 Å². The van der Waals surface area contributed by atoms with Crippen LogP contribution in [0.5, 0.6) is 0 Å². The minimum Gasteiger partial charge on any atom is -0.376 e. The third-order valence-corrected chi connectivity index (χ3v) is 5.00. The number of halogens is 2. The molecule has 1 aromatic carbocycles. The van der Waals surface area contributed by atoms with Crippen molar-refractivity contribution < 1.29 is 4.74 Å². The number of hydrogen-bond acceptors (Lipinski definition) is 4. The summed E-state index contributed by atoms with van der Waals surface area (Å²) in [6, 6.07) is 5.54. The molecule has 0 aliphatic carbocycles. The van der Waals surface area contributed by atoms with Gasteiger partial charge in [-0.05, 0) is 25.0 Å². The minimum absolute atomic E-state index is 0.264. The average Bonchev–Trinajstić information content (AvgIpc) is 3.02. The molecule has 4 nitrogen and oxygen atoms in total. The van der Waals surface area contributed by atoms with E-state index in [0.29, 0.717) is 16.6 Å². The van der Waals surface area contributed by atoms with E-state index in [1.807, 2.05) is 12.1 Å². The molecule has 2 heterocycles. The van der Waals surface area contributed by atoms with Crippen LogP contribution in [-0.4, -0.2) is 35.9 Å². The fourth-order valence-corrected chi connectivity index (χ4v) is 3.27. The van der Waals surface area contributed by atoms with E-state index >= 15 is 0 Å². The third kappa shape index (κ3) is 3.92. The first-order chi connectivity index (χ1) is 10.2. The fraction of sp³-hybridized carbons (Fsp3) is 0.429. The number of nitrogens with zero attached hydrogens (tertiary/aromatic N) is 2. The molecule has 2 aliphatic rings. The minimum atomic E-state index is 0.264. The molecular formula is C14H15Cl2N3OS. The van der Waals surface area contributed by atoms with Crippen molar-refractivity contribution in [2.75, 3.05) is 18.9 Å². The summed E-state index contributed by atoms with van der Waals surface area (Å²) < 4.78 is 5.55. The second kappa shape index (κ2) is 7.01. The lowest BCUT2D eigenvalue weighted by atomic mass is 10.1. The standard InChI is InChI=1S/C14H15Cl2N3OS/c15-11-4-3-9(6-12(11)16)13-8-21-14(19-18-13)17-7-10-2-1-5-20-10/h3-4,6,10H,1-2,5,7-8H2,(H,17,19)/t10-/m1/s1. The van der Waals surface area contributed by atoms with Crippen LogP contribution >= 0.6 is 35.0 Å². The first-order valence-electron chi connectivity index (χ1n) is 6.79. The van der Waals surface area contributed by atoms with E-state index in [1.165, 1.54) is 0 Å². The highest BCUT2D eigenvalue weighted by atomic mass is 35.5. The molecule has 0 radical (unpaired) electrons. The van der Waals surface area contributed by atoms with E-state index < -0.39 is 0 Å². The molecule has 7 heteroatoms. The van der Waals surface area contributed by atoms with Crippen LogP contribution in [0.4, 0.5) is 0 Å². The first kappa shape index (κ1) is 15.2. The number of rotatable bonds is 3. The highest BCUT2D eigenvalue weighted by molar-refractivity contribution is 8.14. The van der Waals surface area contributed by atoms with Gasteiger partial charge in [-0.15, -0.1) is 0 Å². The summed E-state index contributed by atoms with van der Waals surface area (Å²) in [5.41, 5.74) is 4.91. The smallest absolute Gasteiger partial charge is 0.177 e. The highest BCUT2D eigenvalue weighted by Crippen LogP contribution is 2.24. The van der Waals surface area contributed by atoms with Crippen molar-refractivity contribution in [3.8, 4) is 0 Å². The number of nitrogens with one attached hydrogen (secondary N) is 1. The molecular weight excluding hydrogens is 329 g/mol. The van der Waals surface area contributed by atoms with E-state index in [9.17, 15) is 0 Å².